The highest BCUT2D eigenvalue weighted by atomic mass is 19.1. The van der Waals surface area contributed by atoms with Gasteiger partial charge in [0.2, 0.25) is 5.91 Å². The molecule has 0 saturated heterocycles. The van der Waals surface area contributed by atoms with Crippen LogP contribution < -0.4 is 16.6 Å². The number of nitrogens with zero attached hydrogens (tertiary/aromatic N) is 2. The Hall–Kier alpha value is -3.63. The van der Waals surface area contributed by atoms with Gasteiger partial charge in [-0.1, -0.05) is 20.8 Å². The Morgan fingerprint density at radius 2 is 1.92 bits per heavy atom. The number of likely N-dealkylation sites (N-methyl/N-ethyl adjacent to an activating group) is 1. The maximum absolute atomic E-state index is 14.5. The maximum Gasteiger partial charge on any atom is 0.340 e. The number of cyclic esters (lactones) is 1. The van der Waals surface area contributed by atoms with Gasteiger partial charge in [-0.3, -0.25) is 9.59 Å². The highest BCUT2D eigenvalue weighted by molar-refractivity contribution is 5.92. The second-order valence-electron chi connectivity index (χ2n) is 9.24. The number of fused-ring (bicyclic) bond motifs is 5. The Kier molecular flexibility index (Phi) is 7.94. The molecule has 0 radical (unpaired) electrons. The van der Waals surface area contributed by atoms with Crippen molar-refractivity contribution in [1.82, 2.24) is 14.9 Å². The molecule has 3 aliphatic rings. The Morgan fingerprint density at radius 1 is 1.21 bits per heavy atom. The summed E-state index contributed by atoms with van der Waals surface area (Å²) in [7, 11) is 0. The van der Waals surface area contributed by atoms with Crippen LogP contribution in [0.2, 0.25) is 0 Å². The molecule has 0 saturated carbocycles. The second-order valence-corrected chi connectivity index (χ2v) is 9.24. The average Bonchev–Trinajstić information content (AvgIpc) is 3.29. The fourth-order valence-corrected chi connectivity index (χ4v) is 5.31. The van der Waals surface area contributed by atoms with Crippen molar-refractivity contribution in [3.8, 4) is 11.4 Å². The molecule has 0 bridgehead atoms. The first-order valence-electron chi connectivity index (χ1n) is 13.0. The standard InChI is InChI=1S/C22H17FN2O4.C4H10N2O.C2H6/c1-9-10-3-2-4-11-13-7-25-17(19(13)24-16(18(10)11)6-15(9)23)5-12-14(21(25)27)8-29-22(28)20(12)26;1-2-6-3-4(5)7;1-2/h5-6,20,26H,2-4,7-8H2,1H3;6H,2-3H2,1H3,(H2,5,7);1-2H3. The number of nitrogens with two attached hydrogens (primary N) is 1. The number of rotatable bonds is 3. The lowest BCUT2D eigenvalue weighted by Crippen LogP contribution is -2.32. The van der Waals surface area contributed by atoms with E-state index in [0.717, 1.165) is 47.9 Å². The van der Waals surface area contributed by atoms with Crippen molar-refractivity contribution in [2.24, 2.45) is 5.73 Å². The van der Waals surface area contributed by atoms with Crippen molar-refractivity contribution in [1.29, 1.82) is 0 Å². The van der Waals surface area contributed by atoms with Crippen LogP contribution in [0.25, 0.3) is 22.3 Å². The van der Waals surface area contributed by atoms with Crippen molar-refractivity contribution in [3.05, 3.63) is 61.7 Å². The first kappa shape index (κ1) is 27.4. The van der Waals surface area contributed by atoms with Gasteiger partial charge < -0.3 is 25.5 Å². The van der Waals surface area contributed by atoms with Crippen LogP contribution in [0.15, 0.2) is 16.9 Å². The van der Waals surface area contributed by atoms with Crippen LogP contribution in [0, 0.1) is 12.7 Å². The number of halogens is 1. The smallest absolute Gasteiger partial charge is 0.340 e. The van der Waals surface area contributed by atoms with Gasteiger partial charge in [-0.2, -0.15) is 0 Å². The summed E-state index contributed by atoms with van der Waals surface area (Å²) in [6.45, 7) is 9.05. The summed E-state index contributed by atoms with van der Waals surface area (Å²) in [6.07, 6.45) is 1.12. The molecule has 0 fully saturated rings. The Labute approximate surface area is 219 Å². The number of benzene rings is 1. The molecule has 38 heavy (non-hydrogen) atoms. The third kappa shape index (κ3) is 4.58. The fraction of sp³-hybridized carbons (Fsp3) is 0.429. The van der Waals surface area contributed by atoms with Crippen molar-refractivity contribution >= 4 is 22.8 Å². The summed E-state index contributed by atoms with van der Waals surface area (Å²) < 4.78 is 21.1. The lowest BCUT2D eigenvalue weighted by molar-refractivity contribution is -0.157. The molecule has 6 rings (SSSR count). The largest absolute Gasteiger partial charge is 0.458 e. The number of hydrogen-bond donors (Lipinski definition) is 3. The number of carbonyl (C=O) groups excluding carboxylic acids is 2. The number of carbonyl (C=O) groups is 2. The molecule has 1 aromatic carbocycles. The van der Waals surface area contributed by atoms with Crippen LogP contribution in [-0.4, -0.2) is 39.6 Å². The van der Waals surface area contributed by atoms with Crippen LogP contribution in [-0.2, 0) is 40.3 Å². The zero-order valence-electron chi connectivity index (χ0n) is 22.1. The first-order chi connectivity index (χ1) is 18.2. The van der Waals surface area contributed by atoms with Crippen molar-refractivity contribution < 1.29 is 23.8 Å². The van der Waals surface area contributed by atoms with Gasteiger partial charge in [-0.25, -0.2) is 14.2 Å². The summed E-state index contributed by atoms with van der Waals surface area (Å²) in [6, 6.07) is 3.13. The highest BCUT2D eigenvalue weighted by Gasteiger charge is 2.35. The molecule has 1 atom stereocenters. The monoisotopic (exact) mass is 524 g/mol. The Bertz CT molecular complexity index is 1500. The second kappa shape index (κ2) is 11.0. The molecule has 4 N–H and O–H groups in total. The summed E-state index contributed by atoms with van der Waals surface area (Å²) in [5, 5.41) is 14.0. The van der Waals surface area contributed by atoms with E-state index in [4.69, 9.17) is 15.5 Å². The van der Waals surface area contributed by atoms with Gasteiger partial charge >= 0.3 is 5.97 Å². The van der Waals surface area contributed by atoms with E-state index in [0.29, 0.717) is 34.6 Å². The van der Waals surface area contributed by atoms with Crippen molar-refractivity contribution in [2.45, 2.75) is 66.2 Å². The number of aliphatic hydroxyl groups excluding tert-OH is 1. The molecule has 10 heteroatoms. The van der Waals surface area contributed by atoms with Crippen LogP contribution in [0.4, 0.5) is 4.39 Å². The van der Waals surface area contributed by atoms with E-state index in [1.165, 1.54) is 6.07 Å². The Balaban J connectivity index is 0.000000328. The molecule has 1 aliphatic carbocycles. The van der Waals surface area contributed by atoms with Gasteiger partial charge in [0.1, 0.15) is 12.4 Å². The lowest BCUT2D eigenvalue weighted by atomic mass is 9.85. The first-order valence-corrected chi connectivity index (χ1v) is 13.0. The quantitative estimate of drug-likeness (QED) is 0.350. The molecular weight excluding hydrogens is 491 g/mol. The number of primary amides is 1. The van der Waals surface area contributed by atoms with E-state index < -0.39 is 12.1 Å². The fourth-order valence-electron chi connectivity index (χ4n) is 5.31. The predicted octanol–water partition coefficient (Wildman–Crippen LogP) is 2.56. The molecule has 3 aromatic rings. The summed E-state index contributed by atoms with van der Waals surface area (Å²) >= 11 is 0. The minimum Gasteiger partial charge on any atom is -0.458 e. The minimum atomic E-state index is -1.48. The number of esters is 1. The van der Waals surface area contributed by atoms with Gasteiger partial charge in [-0.15, -0.1) is 0 Å². The number of amides is 1. The lowest BCUT2D eigenvalue weighted by Gasteiger charge is -2.22. The molecule has 2 aliphatic heterocycles. The van der Waals surface area contributed by atoms with Gasteiger partial charge in [0.25, 0.3) is 5.56 Å². The molecule has 2 aromatic heterocycles. The van der Waals surface area contributed by atoms with E-state index >= 15 is 0 Å². The average molecular weight is 525 g/mol. The molecule has 1 unspecified atom stereocenters. The summed E-state index contributed by atoms with van der Waals surface area (Å²) in [5.41, 5.74) is 10.6. The molecular formula is C28H33FN4O5. The van der Waals surface area contributed by atoms with Crippen LogP contribution in [0.5, 0.6) is 0 Å². The third-order valence-corrected chi connectivity index (χ3v) is 7.09. The van der Waals surface area contributed by atoms with E-state index in [2.05, 4.69) is 5.32 Å². The zero-order valence-corrected chi connectivity index (χ0v) is 22.1. The van der Waals surface area contributed by atoms with Gasteiger partial charge in [-0.05, 0) is 55.5 Å². The molecule has 202 valence electrons. The van der Waals surface area contributed by atoms with E-state index in [9.17, 15) is 23.9 Å². The molecule has 0 spiro atoms. The normalized spacial score (nSPS) is 16.3. The highest BCUT2D eigenvalue weighted by Crippen LogP contribution is 2.41. The van der Waals surface area contributed by atoms with Crippen molar-refractivity contribution in [2.75, 3.05) is 13.1 Å². The number of pyridine rings is 2. The molecule has 9 nitrogen and oxygen atoms in total. The van der Waals surface area contributed by atoms with E-state index in [-0.39, 0.29) is 36.0 Å². The van der Waals surface area contributed by atoms with Crippen LogP contribution in [0.3, 0.4) is 0 Å². The van der Waals surface area contributed by atoms with Gasteiger partial charge in [0, 0.05) is 22.6 Å². The van der Waals surface area contributed by atoms with E-state index in [1.54, 1.807) is 17.6 Å². The molecule has 4 heterocycles. The Morgan fingerprint density at radius 3 is 2.58 bits per heavy atom. The van der Waals surface area contributed by atoms with Gasteiger partial charge in [0.05, 0.1) is 35.6 Å². The predicted molar refractivity (Wildman–Crippen MR) is 141 cm³/mol. The van der Waals surface area contributed by atoms with Crippen molar-refractivity contribution in [3.63, 3.8) is 0 Å². The maximum atomic E-state index is 14.5. The number of nitrogens with one attached hydrogen (secondary N) is 1. The number of aliphatic hydroxyl groups is 1. The van der Waals surface area contributed by atoms with Crippen LogP contribution in [0.1, 0.15) is 66.7 Å². The SMILES string of the molecule is CC.CCNCC(N)=O.Cc1c(F)cc2nc3c(c4c2c1CCC4)Cn1c-3cc2c(c1=O)COC(=O)C2O. The minimum absolute atomic E-state index is 0.141. The van der Waals surface area contributed by atoms with Crippen LogP contribution >= 0.6 is 0 Å². The number of aromatic nitrogens is 2. The third-order valence-electron chi connectivity index (χ3n) is 7.09. The summed E-state index contributed by atoms with van der Waals surface area (Å²) in [5.74, 6) is -1.34. The zero-order chi connectivity index (χ0) is 27.7. The molecule has 1 amide bonds. The number of hydrogen-bond acceptors (Lipinski definition) is 7. The summed E-state index contributed by atoms with van der Waals surface area (Å²) in [4.78, 5) is 39.5. The van der Waals surface area contributed by atoms with E-state index in [1.807, 2.05) is 20.8 Å². The topological polar surface area (TPSA) is 137 Å². The number of aryl methyl sites for hydroxylation is 2. The van der Waals surface area contributed by atoms with Gasteiger partial charge in [0.15, 0.2) is 6.10 Å². The number of ether oxygens (including phenoxy) is 1.